The van der Waals surface area contributed by atoms with Gasteiger partial charge >= 0.3 is 6.03 Å². The normalized spacial score (nSPS) is 14.0. The predicted octanol–water partition coefficient (Wildman–Crippen LogP) is -0.621. The van der Waals surface area contributed by atoms with Gasteiger partial charge in [0.2, 0.25) is 0 Å². The van der Waals surface area contributed by atoms with E-state index in [1.165, 1.54) is 4.90 Å². The minimum atomic E-state index is -0.535. The minimum absolute atomic E-state index is 0.0862. The number of oxime groups is 1. The molecule has 2 amide bonds. The number of amidine groups is 1. The van der Waals surface area contributed by atoms with Crippen molar-refractivity contribution >= 4 is 11.9 Å². The van der Waals surface area contributed by atoms with Crippen LogP contribution in [0.5, 0.6) is 0 Å². The molecule has 0 aromatic heterocycles. The Balaban J connectivity index is 4.00. The molecule has 0 radical (unpaired) electrons. The lowest BCUT2D eigenvalue weighted by molar-refractivity contribution is 0.215. The summed E-state index contributed by atoms with van der Waals surface area (Å²) in [5, 5.41) is 11.1. The predicted molar refractivity (Wildman–Crippen MR) is 44.8 cm³/mol. The third-order valence-corrected chi connectivity index (χ3v) is 1.54. The molecule has 0 aliphatic carbocycles. The maximum atomic E-state index is 10.6. The number of hydrogen-bond acceptors (Lipinski definition) is 3. The summed E-state index contributed by atoms with van der Waals surface area (Å²) in [7, 11) is 1.55. The highest BCUT2D eigenvalue weighted by Crippen LogP contribution is 1.97. The average molecular weight is 174 g/mol. The van der Waals surface area contributed by atoms with Gasteiger partial charge in [0.15, 0.2) is 0 Å². The molecule has 0 aromatic rings. The van der Waals surface area contributed by atoms with Crippen molar-refractivity contribution in [3.63, 3.8) is 0 Å². The highest BCUT2D eigenvalue weighted by atomic mass is 16.4. The smallest absolute Gasteiger partial charge is 0.314 e. The molecule has 0 heterocycles. The molecule has 0 aromatic carbocycles. The Hall–Kier alpha value is -1.46. The summed E-state index contributed by atoms with van der Waals surface area (Å²) in [5.74, 6) is -0.115. The molecule has 6 nitrogen and oxygen atoms in total. The Morgan fingerprint density at radius 1 is 1.67 bits per heavy atom. The van der Waals surface area contributed by atoms with Crippen LogP contribution < -0.4 is 11.5 Å². The van der Waals surface area contributed by atoms with Crippen LogP contribution in [-0.4, -0.2) is 35.6 Å². The number of carbonyl (C=O) groups is 1. The van der Waals surface area contributed by atoms with E-state index in [-0.39, 0.29) is 11.8 Å². The lowest BCUT2D eigenvalue weighted by atomic mass is 10.1. The van der Waals surface area contributed by atoms with Gasteiger partial charge in [0.05, 0.1) is 0 Å². The molecule has 12 heavy (non-hydrogen) atoms. The molecule has 1 unspecified atom stereocenters. The number of urea groups is 1. The summed E-state index contributed by atoms with van der Waals surface area (Å²) in [6.45, 7) is 2.07. The first kappa shape index (κ1) is 10.5. The maximum Gasteiger partial charge on any atom is 0.314 e. The molecule has 6 heteroatoms. The van der Waals surface area contributed by atoms with Gasteiger partial charge in [-0.05, 0) is 0 Å². The van der Waals surface area contributed by atoms with Crippen molar-refractivity contribution in [2.24, 2.45) is 22.5 Å². The lowest BCUT2D eigenvalue weighted by Crippen LogP contribution is -2.39. The van der Waals surface area contributed by atoms with Crippen molar-refractivity contribution in [3.8, 4) is 0 Å². The van der Waals surface area contributed by atoms with Gasteiger partial charge < -0.3 is 21.6 Å². The first-order valence-corrected chi connectivity index (χ1v) is 3.47. The SMILES string of the molecule is CC(CN(C)C(N)=O)C(N)=NO. The van der Waals surface area contributed by atoms with E-state index in [2.05, 4.69) is 5.16 Å². The van der Waals surface area contributed by atoms with Gasteiger partial charge in [-0.3, -0.25) is 0 Å². The van der Waals surface area contributed by atoms with Gasteiger partial charge in [-0.25, -0.2) is 4.79 Å². The van der Waals surface area contributed by atoms with Crippen LogP contribution in [0, 0.1) is 5.92 Å². The van der Waals surface area contributed by atoms with E-state index in [9.17, 15) is 4.79 Å². The number of amides is 2. The van der Waals surface area contributed by atoms with Crippen molar-refractivity contribution in [2.75, 3.05) is 13.6 Å². The largest absolute Gasteiger partial charge is 0.409 e. The van der Waals surface area contributed by atoms with Gasteiger partial charge in [0, 0.05) is 19.5 Å². The topological polar surface area (TPSA) is 105 Å². The molecule has 1 atom stereocenters. The summed E-state index contributed by atoms with van der Waals surface area (Å²) < 4.78 is 0. The van der Waals surface area contributed by atoms with Crippen LogP contribution in [-0.2, 0) is 0 Å². The Morgan fingerprint density at radius 3 is 2.50 bits per heavy atom. The Labute approximate surface area is 70.8 Å². The number of rotatable bonds is 3. The Morgan fingerprint density at radius 2 is 2.17 bits per heavy atom. The van der Waals surface area contributed by atoms with Crippen molar-refractivity contribution in [1.29, 1.82) is 0 Å². The molecular weight excluding hydrogens is 160 g/mol. The summed E-state index contributed by atoms with van der Waals surface area (Å²) >= 11 is 0. The number of hydrogen-bond donors (Lipinski definition) is 3. The fraction of sp³-hybridized carbons (Fsp3) is 0.667. The highest BCUT2D eigenvalue weighted by Gasteiger charge is 2.12. The third kappa shape index (κ3) is 3.09. The first-order valence-electron chi connectivity index (χ1n) is 3.47. The van der Waals surface area contributed by atoms with Crippen LogP contribution in [0.4, 0.5) is 4.79 Å². The van der Waals surface area contributed by atoms with E-state index in [1.54, 1.807) is 14.0 Å². The monoisotopic (exact) mass is 174 g/mol. The van der Waals surface area contributed by atoms with E-state index in [0.29, 0.717) is 6.54 Å². The van der Waals surface area contributed by atoms with Crippen LogP contribution in [0.2, 0.25) is 0 Å². The number of primary amides is 1. The summed E-state index contributed by atoms with van der Waals surface area (Å²) in [6.07, 6.45) is 0. The molecule has 0 bridgehead atoms. The molecule has 0 saturated carbocycles. The van der Waals surface area contributed by atoms with E-state index >= 15 is 0 Å². The van der Waals surface area contributed by atoms with Crippen LogP contribution in [0.1, 0.15) is 6.92 Å². The maximum absolute atomic E-state index is 10.6. The highest BCUT2D eigenvalue weighted by molar-refractivity contribution is 5.82. The summed E-state index contributed by atoms with van der Waals surface area (Å²) in [6, 6.07) is -0.535. The molecule has 0 aliphatic rings. The number of carbonyl (C=O) groups excluding carboxylic acids is 1. The molecule has 0 spiro atoms. The van der Waals surface area contributed by atoms with Gasteiger partial charge in [-0.2, -0.15) is 0 Å². The quantitative estimate of drug-likeness (QED) is 0.230. The Bertz CT molecular complexity index is 192. The van der Waals surface area contributed by atoms with E-state index in [1.807, 2.05) is 0 Å². The van der Waals surface area contributed by atoms with Crippen molar-refractivity contribution in [1.82, 2.24) is 4.90 Å². The number of nitrogens with two attached hydrogens (primary N) is 2. The van der Waals surface area contributed by atoms with Crippen molar-refractivity contribution in [2.45, 2.75) is 6.92 Å². The molecular formula is C6H14N4O2. The van der Waals surface area contributed by atoms with Gasteiger partial charge in [0.25, 0.3) is 0 Å². The van der Waals surface area contributed by atoms with Crippen LogP contribution in [0.25, 0.3) is 0 Å². The minimum Gasteiger partial charge on any atom is -0.409 e. The summed E-state index contributed by atoms with van der Waals surface area (Å²) in [5.41, 5.74) is 10.3. The van der Waals surface area contributed by atoms with Crippen LogP contribution in [0.3, 0.4) is 0 Å². The third-order valence-electron chi connectivity index (χ3n) is 1.54. The molecule has 0 fully saturated rings. The van der Waals surface area contributed by atoms with E-state index in [4.69, 9.17) is 16.7 Å². The first-order chi connectivity index (χ1) is 5.49. The van der Waals surface area contributed by atoms with E-state index < -0.39 is 6.03 Å². The Kier molecular flexibility index (Phi) is 3.89. The van der Waals surface area contributed by atoms with E-state index in [0.717, 1.165) is 0 Å². The second-order valence-corrected chi connectivity index (χ2v) is 2.64. The molecule has 5 N–H and O–H groups in total. The molecule has 70 valence electrons. The lowest BCUT2D eigenvalue weighted by Gasteiger charge is -2.18. The fourth-order valence-electron chi connectivity index (χ4n) is 0.693. The van der Waals surface area contributed by atoms with Crippen LogP contribution in [0.15, 0.2) is 5.16 Å². The molecule has 0 aliphatic heterocycles. The molecule has 0 rings (SSSR count). The molecule has 0 saturated heterocycles. The standard InChI is InChI=1S/C6H14N4O2/c1-4(5(7)9-12)3-10(2)6(8)11/h4,12H,3H2,1-2H3,(H2,7,9)(H2,8,11). The van der Waals surface area contributed by atoms with Crippen LogP contribution >= 0.6 is 0 Å². The average Bonchev–Trinajstić information content (AvgIpc) is 2.02. The summed E-state index contributed by atoms with van der Waals surface area (Å²) in [4.78, 5) is 11.8. The van der Waals surface area contributed by atoms with Crippen molar-refractivity contribution < 1.29 is 10.0 Å². The fourth-order valence-corrected chi connectivity index (χ4v) is 0.693. The zero-order valence-corrected chi connectivity index (χ0v) is 7.19. The zero-order chi connectivity index (χ0) is 9.72. The van der Waals surface area contributed by atoms with Gasteiger partial charge in [-0.1, -0.05) is 12.1 Å². The number of nitrogens with zero attached hydrogens (tertiary/aromatic N) is 2. The van der Waals surface area contributed by atoms with Gasteiger partial charge in [0.1, 0.15) is 5.84 Å². The van der Waals surface area contributed by atoms with Gasteiger partial charge in [-0.15, -0.1) is 0 Å². The second-order valence-electron chi connectivity index (χ2n) is 2.64. The second kappa shape index (κ2) is 4.42. The zero-order valence-electron chi connectivity index (χ0n) is 7.19. The van der Waals surface area contributed by atoms with Crippen molar-refractivity contribution in [3.05, 3.63) is 0 Å².